The monoisotopic (exact) mass is 285 g/mol. The molecular formula is C12H10F3N3O2. The van der Waals surface area contributed by atoms with E-state index in [1.54, 1.807) is 17.8 Å². The summed E-state index contributed by atoms with van der Waals surface area (Å²) in [7, 11) is 1.68. The van der Waals surface area contributed by atoms with E-state index in [9.17, 15) is 18.0 Å². The minimum absolute atomic E-state index is 0.226. The molecule has 0 radical (unpaired) electrons. The average molecular weight is 285 g/mol. The van der Waals surface area contributed by atoms with Crippen molar-refractivity contribution in [3.63, 3.8) is 0 Å². The van der Waals surface area contributed by atoms with E-state index in [0.29, 0.717) is 5.82 Å². The molecule has 2 rings (SSSR count). The molecule has 2 aromatic rings. The summed E-state index contributed by atoms with van der Waals surface area (Å²) < 4.78 is 44.6. The number of aromatic nitrogens is 3. The quantitative estimate of drug-likeness (QED) is 0.811. The van der Waals surface area contributed by atoms with Gasteiger partial charge in [0.25, 0.3) is 0 Å². The highest BCUT2D eigenvalue weighted by atomic mass is 19.4. The molecule has 0 spiro atoms. The van der Waals surface area contributed by atoms with Gasteiger partial charge in [-0.2, -0.15) is 13.2 Å². The first kappa shape index (κ1) is 14.0. The molecule has 0 aromatic carbocycles. The van der Waals surface area contributed by atoms with Gasteiger partial charge in [0.05, 0.1) is 5.56 Å². The lowest BCUT2D eigenvalue weighted by molar-refractivity contribution is -0.138. The van der Waals surface area contributed by atoms with Crippen molar-refractivity contribution in [3.8, 4) is 0 Å². The first-order valence-corrected chi connectivity index (χ1v) is 5.55. The highest BCUT2D eigenvalue weighted by molar-refractivity contribution is 5.89. The summed E-state index contributed by atoms with van der Waals surface area (Å²) in [6.45, 7) is -0.226. The van der Waals surface area contributed by atoms with Crippen LogP contribution in [0, 0.1) is 0 Å². The molecule has 20 heavy (non-hydrogen) atoms. The van der Waals surface area contributed by atoms with Gasteiger partial charge in [0, 0.05) is 25.6 Å². The normalized spacial score (nSPS) is 11.4. The minimum Gasteiger partial charge on any atom is -0.453 e. The van der Waals surface area contributed by atoms with E-state index in [-0.39, 0.29) is 6.61 Å². The van der Waals surface area contributed by atoms with Crippen LogP contribution in [0.1, 0.15) is 21.9 Å². The first-order chi connectivity index (χ1) is 9.39. The van der Waals surface area contributed by atoms with Gasteiger partial charge in [-0.3, -0.25) is 0 Å². The summed E-state index contributed by atoms with van der Waals surface area (Å²) in [6.07, 6.45) is -0.436. The predicted octanol–water partition coefficient (Wildman–Crippen LogP) is 2.19. The zero-order valence-corrected chi connectivity index (χ0v) is 10.4. The van der Waals surface area contributed by atoms with Crippen LogP contribution in [-0.2, 0) is 24.6 Å². The predicted molar refractivity (Wildman–Crippen MR) is 61.6 cm³/mol. The standard InChI is InChI=1S/C12H10F3N3O2/c1-18-6-5-16-9(18)7-20-11(19)10-8(12(13,14)15)3-2-4-17-10/h2-6H,7H2,1H3. The fourth-order valence-electron chi connectivity index (χ4n) is 1.53. The van der Waals surface area contributed by atoms with E-state index in [4.69, 9.17) is 4.74 Å². The number of rotatable bonds is 3. The average Bonchev–Trinajstić information content (AvgIpc) is 2.80. The molecule has 0 unspecified atom stereocenters. The van der Waals surface area contributed by atoms with E-state index < -0.39 is 23.4 Å². The number of ether oxygens (including phenoxy) is 1. The highest BCUT2D eigenvalue weighted by Gasteiger charge is 2.36. The van der Waals surface area contributed by atoms with Crippen LogP contribution < -0.4 is 0 Å². The highest BCUT2D eigenvalue weighted by Crippen LogP contribution is 2.31. The summed E-state index contributed by atoms with van der Waals surface area (Å²) in [5, 5.41) is 0. The lowest BCUT2D eigenvalue weighted by Crippen LogP contribution is -2.17. The SMILES string of the molecule is Cn1ccnc1COC(=O)c1ncccc1C(F)(F)F. The molecule has 0 saturated heterocycles. The maximum Gasteiger partial charge on any atom is 0.418 e. The first-order valence-electron chi connectivity index (χ1n) is 5.55. The van der Waals surface area contributed by atoms with Gasteiger partial charge in [0.1, 0.15) is 12.4 Å². The van der Waals surface area contributed by atoms with Crippen molar-refractivity contribution < 1.29 is 22.7 Å². The van der Waals surface area contributed by atoms with E-state index in [1.807, 2.05) is 0 Å². The fourth-order valence-corrected chi connectivity index (χ4v) is 1.53. The summed E-state index contributed by atoms with van der Waals surface area (Å²) in [5.41, 5.74) is -1.88. The van der Waals surface area contributed by atoms with E-state index in [0.717, 1.165) is 18.3 Å². The number of nitrogens with zero attached hydrogens (tertiary/aromatic N) is 3. The van der Waals surface area contributed by atoms with Crippen molar-refractivity contribution >= 4 is 5.97 Å². The lowest BCUT2D eigenvalue weighted by Gasteiger charge is -2.11. The number of esters is 1. The number of imidazole rings is 1. The van der Waals surface area contributed by atoms with Crippen molar-refractivity contribution in [2.45, 2.75) is 12.8 Å². The van der Waals surface area contributed by atoms with Gasteiger partial charge >= 0.3 is 12.1 Å². The third kappa shape index (κ3) is 2.95. The largest absolute Gasteiger partial charge is 0.453 e. The van der Waals surface area contributed by atoms with Gasteiger partial charge in [-0.15, -0.1) is 0 Å². The Morgan fingerprint density at radius 3 is 2.70 bits per heavy atom. The van der Waals surface area contributed by atoms with Gasteiger partial charge in [-0.05, 0) is 12.1 Å². The molecule has 0 aliphatic rings. The van der Waals surface area contributed by atoms with Crippen LogP contribution in [0.5, 0.6) is 0 Å². The van der Waals surface area contributed by atoms with E-state index in [1.165, 1.54) is 6.20 Å². The molecule has 0 aliphatic carbocycles. The summed E-state index contributed by atoms with van der Waals surface area (Å²) in [4.78, 5) is 19.0. The molecule has 0 bridgehead atoms. The Hall–Kier alpha value is -2.38. The Labute approximate surface area is 112 Å². The molecule has 8 heteroatoms. The van der Waals surface area contributed by atoms with Crippen LogP contribution in [-0.4, -0.2) is 20.5 Å². The molecular weight excluding hydrogens is 275 g/mol. The third-order valence-electron chi connectivity index (χ3n) is 2.56. The van der Waals surface area contributed by atoms with Crippen molar-refractivity contribution in [1.29, 1.82) is 0 Å². The summed E-state index contributed by atoms with van der Waals surface area (Å²) >= 11 is 0. The molecule has 5 nitrogen and oxygen atoms in total. The fraction of sp³-hybridized carbons (Fsp3) is 0.250. The van der Waals surface area contributed by atoms with Crippen LogP contribution in [0.25, 0.3) is 0 Å². The molecule has 0 aliphatic heterocycles. The Morgan fingerprint density at radius 2 is 2.10 bits per heavy atom. The number of hydrogen-bond donors (Lipinski definition) is 0. The number of carbonyl (C=O) groups excluding carboxylic acids is 1. The van der Waals surface area contributed by atoms with Crippen molar-refractivity contribution in [2.75, 3.05) is 0 Å². The lowest BCUT2D eigenvalue weighted by atomic mass is 10.2. The van der Waals surface area contributed by atoms with Gasteiger partial charge in [0.15, 0.2) is 5.69 Å². The number of alkyl halides is 3. The molecule has 106 valence electrons. The zero-order valence-electron chi connectivity index (χ0n) is 10.4. The smallest absolute Gasteiger partial charge is 0.418 e. The topological polar surface area (TPSA) is 57.0 Å². The molecule has 0 saturated carbocycles. The molecule has 2 aromatic heterocycles. The Bertz CT molecular complexity index is 622. The number of pyridine rings is 1. The minimum atomic E-state index is -4.66. The summed E-state index contributed by atoms with van der Waals surface area (Å²) in [5.74, 6) is -0.719. The second kappa shape index (κ2) is 5.32. The van der Waals surface area contributed by atoms with Crippen molar-refractivity contribution in [3.05, 3.63) is 47.8 Å². The van der Waals surface area contributed by atoms with Crippen molar-refractivity contribution in [1.82, 2.24) is 14.5 Å². The maximum absolute atomic E-state index is 12.7. The van der Waals surface area contributed by atoms with Crippen molar-refractivity contribution in [2.24, 2.45) is 7.05 Å². The molecule has 2 heterocycles. The van der Waals surface area contributed by atoms with Gasteiger partial charge in [0.2, 0.25) is 0 Å². The third-order valence-corrected chi connectivity index (χ3v) is 2.56. The Kier molecular flexibility index (Phi) is 3.73. The molecule has 0 atom stereocenters. The zero-order chi connectivity index (χ0) is 14.8. The molecule has 0 N–H and O–H groups in total. The van der Waals surface area contributed by atoms with Gasteiger partial charge in [-0.25, -0.2) is 14.8 Å². The number of aryl methyl sites for hydroxylation is 1. The van der Waals surface area contributed by atoms with Gasteiger partial charge in [-0.1, -0.05) is 0 Å². The Morgan fingerprint density at radius 1 is 1.35 bits per heavy atom. The van der Waals surface area contributed by atoms with E-state index >= 15 is 0 Å². The molecule has 0 amide bonds. The second-order valence-electron chi connectivity index (χ2n) is 3.93. The number of carbonyl (C=O) groups is 1. The van der Waals surface area contributed by atoms with Crippen LogP contribution in [0.2, 0.25) is 0 Å². The number of hydrogen-bond acceptors (Lipinski definition) is 4. The summed E-state index contributed by atoms with van der Waals surface area (Å²) in [6, 6.07) is 1.89. The van der Waals surface area contributed by atoms with Crippen LogP contribution >= 0.6 is 0 Å². The van der Waals surface area contributed by atoms with E-state index in [2.05, 4.69) is 9.97 Å². The van der Waals surface area contributed by atoms with Gasteiger partial charge < -0.3 is 9.30 Å². The second-order valence-corrected chi connectivity index (χ2v) is 3.93. The van der Waals surface area contributed by atoms with Crippen LogP contribution in [0.4, 0.5) is 13.2 Å². The number of halogens is 3. The Balaban J connectivity index is 2.16. The van der Waals surface area contributed by atoms with Crippen LogP contribution in [0.15, 0.2) is 30.7 Å². The molecule has 0 fully saturated rings. The maximum atomic E-state index is 12.7. The van der Waals surface area contributed by atoms with Crippen LogP contribution in [0.3, 0.4) is 0 Å².